The summed E-state index contributed by atoms with van der Waals surface area (Å²) in [6.45, 7) is 24.4. The Morgan fingerprint density at radius 2 is 0.974 bits per heavy atom. The monoisotopic (exact) mass is 586 g/mol. The zero-order valence-corrected chi connectivity index (χ0v) is 30.4. The molecule has 0 saturated heterocycles. The number of rotatable bonds is 6. The summed E-state index contributed by atoms with van der Waals surface area (Å²) in [5.41, 5.74) is 10.7. The van der Waals surface area contributed by atoms with Crippen molar-refractivity contribution in [3.05, 3.63) is 106 Å². The van der Waals surface area contributed by atoms with Crippen molar-refractivity contribution in [3.8, 4) is 0 Å². The van der Waals surface area contributed by atoms with Gasteiger partial charge in [0.15, 0.2) is 0 Å². The van der Waals surface area contributed by atoms with E-state index >= 15 is 0 Å². The fourth-order valence-corrected chi connectivity index (χ4v) is 28.5. The SMILES string of the molecule is CC1=C(C)[C]([Si](c2cc(C)cc([Si](C)(C)C)c2)(c2ccccc2C)c2ccccc2C)([Ti]([CH3])([CH3])[CH3])C(C)=C1C. The molecular weight excluding hydrogens is 536 g/mol. The molecule has 0 unspecified atom stereocenters. The standard InChI is InChI=1S/C33H41Si2.3CH3.Ti/c1-22-19-29(34(8,9)10)21-30(20-22)35(31-17-13-11-15-23(31)2,32-18-14-12-16-24(32)3)33-27(6)25(4)26(5)28(33)7;;;;/h11-21H,1-10H3;3*1H3;. The van der Waals surface area contributed by atoms with Gasteiger partial charge < -0.3 is 0 Å². The van der Waals surface area contributed by atoms with E-state index in [9.17, 15) is 0 Å². The van der Waals surface area contributed by atoms with Crippen molar-refractivity contribution in [3.63, 3.8) is 0 Å². The molecule has 0 radical (unpaired) electrons. The average molecular weight is 587 g/mol. The summed E-state index contributed by atoms with van der Waals surface area (Å²) in [5, 5.41) is 14.5. The normalized spacial score (nSPS) is 16.3. The quantitative estimate of drug-likeness (QED) is 0.201. The van der Waals surface area contributed by atoms with Crippen LogP contribution in [0.15, 0.2) is 89.0 Å². The molecule has 0 nitrogen and oxygen atoms in total. The molecule has 1 aliphatic carbocycles. The molecule has 3 aromatic carbocycles. The number of allylic oxidation sites excluding steroid dienone is 4. The van der Waals surface area contributed by atoms with Crippen LogP contribution >= 0.6 is 0 Å². The minimum atomic E-state index is -2.73. The molecule has 206 valence electrons. The molecule has 0 aromatic heterocycles. The number of aryl methyl sites for hydroxylation is 3. The first-order valence-electron chi connectivity index (χ1n) is 14.6. The van der Waals surface area contributed by atoms with Crippen molar-refractivity contribution in [2.75, 3.05) is 0 Å². The maximum absolute atomic E-state index is 2.73. The van der Waals surface area contributed by atoms with Gasteiger partial charge in [-0.1, -0.05) is 0 Å². The summed E-state index contributed by atoms with van der Waals surface area (Å²) in [4.78, 5) is 0. The van der Waals surface area contributed by atoms with Gasteiger partial charge in [-0.25, -0.2) is 0 Å². The summed E-state index contributed by atoms with van der Waals surface area (Å²) < 4.78 is 0.0594. The zero-order chi connectivity index (χ0) is 29.1. The number of hydrogen-bond acceptors (Lipinski definition) is 0. The summed E-state index contributed by atoms with van der Waals surface area (Å²) in [7, 11) is -4.29. The molecule has 0 heterocycles. The Balaban J connectivity index is 2.45. The van der Waals surface area contributed by atoms with Gasteiger partial charge in [0.2, 0.25) is 0 Å². The van der Waals surface area contributed by atoms with E-state index in [-0.39, 0.29) is 3.34 Å². The Morgan fingerprint density at radius 1 is 0.564 bits per heavy atom. The Hall–Kier alpha value is -1.71. The summed E-state index contributed by atoms with van der Waals surface area (Å²) in [6, 6.07) is 26.7. The molecule has 3 aromatic rings. The van der Waals surface area contributed by atoms with Crippen molar-refractivity contribution < 1.29 is 16.6 Å². The first-order valence-corrected chi connectivity index (χ1v) is 25.6. The third-order valence-electron chi connectivity index (χ3n) is 9.97. The van der Waals surface area contributed by atoms with Crippen LogP contribution in [0.1, 0.15) is 44.4 Å². The van der Waals surface area contributed by atoms with E-state index in [1.54, 1.807) is 31.9 Å². The molecule has 0 N–H and O–H groups in total. The molecule has 0 atom stereocenters. The predicted molar refractivity (Wildman–Crippen MR) is 178 cm³/mol. The van der Waals surface area contributed by atoms with E-state index in [1.807, 2.05) is 0 Å². The van der Waals surface area contributed by atoms with Gasteiger partial charge in [-0.3, -0.25) is 0 Å². The van der Waals surface area contributed by atoms with E-state index in [0.717, 1.165) is 0 Å². The first kappa shape index (κ1) is 30.3. The predicted octanol–water partition coefficient (Wildman–Crippen LogP) is 8.31. The van der Waals surface area contributed by atoms with Crippen molar-refractivity contribution in [2.24, 2.45) is 0 Å². The molecule has 0 bridgehead atoms. The van der Waals surface area contributed by atoms with E-state index in [1.165, 1.54) is 27.8 Å². The van der Waals surface area contributed by atoms with Gasteiger partial charge in [0.1, 0.15) is 0 Å². The van der Waals surface area contributed by atoms with Crippen molar-refractivity contribution in [1.82, 2.24) is 0 Å². The van der Waals surface area contributed by atoms with Crippen molar-refractivity contribution in [2.45, 2.75) is 87.1 Å². The van der Waals surface area contributed by atoms with Gasteiger partial charge in [-0.15, -0.1) is 0 Å². The van der Waals surface area contributed by atoms with Gasteiger partial charge >= 0.3 is 246 Å². The summed E-state index contributed by atoms with van der Waals surface area (Å²) >= 11 is -2.61. The topological polar surface area (TPSA) is 0 Å². The van der Waals surface area contributed by atoms with E-state index in [2.05, 4.69) is 151 Å². The van der Waals surface area contributed by atoms with Gasteiger partial charge in [-0.2, -0.15) is 0 Å². The Bertz CT molecular complexity index is 1420. The summed E-state index contributed by atoms with van der Waals surface area (Å²) in [6.07, 6.45) is 0. The number of benzene rings is 3. The summed E-state index contributed by atoms with van der Waals surface area (Å²) in [5.74, 6) is 0. The van der Waals surface area contributed by atoms with Crippen LogP contribution in [0.2, 0.25) is 38.7 Å². The third-order valence-corrected chi connectivity index (χ3v) is 27.3. The molecule has 1 aliphatic rings. The van der Waals surface area contributed by atoms with E-state index in [4.69, 9.17) is 0 Å². The number of hydrogen-bond donors (Lipinski definition) is 0. The van der Waals surface area contributed by atoms with Gasteiger partial charge in [0.05, 0.1) is 0 Å². The molecule has 3 heteroatoms. The fourth-order valence-electron chi connectivity index (χ4n) is 8.15. The molecule has 4 rings (SSSR count). The first-order chi connectivity index (χ1) is 18.0. The third kappa shape index (κ3) is 4.42. The second kappa shape index (κ2) is 10.3. The Labute approximate surface area is 245 Å². The molecule has 0 saturated carbocycles. The van der Waals surface area contributed by atoms with Crippen molar-refractivity contribution >= 4 is 36.9 Å². The van der Waals surface area contributed by atoms with Crippen LogP contribution in [0.4, 0.5) is 0 Å². The van der Waals surface area contributed by atoms with Gasteiger partial charge in [-0.05, 0) is 0 Å². The van der Waals surface area contributed by atoms with Crippen LogP contribution in [0, 0.1) is 20.8 Å². The minimum absolute atomic E-state index is 0.0594. The van der Waals surface area contributed by atoms with E-state index in [0.29, 0.717) is 0 Å². The average Bonchev–Trinajstić information content (AvgIpc) is 3.02. The van der Waals surface area contributed by atoms with Gasteiger partial charge in [0.25, 0.3) is 0 Å². The molecule has 0 aliphatic heterocycles. The second-order valence-corrected chi connectivity index (χ2v) is 32.2. The fraction of sp³-hybridized carbons (Fsp3) is 0.389. The maximum atomic E-state index is 2.70. The Morgan fingerprint density at radius 3 is 1.36 bits per heavy atom. The molecule has 0 amide bonds. The van der Waals surface area contributed by atoms with Gasteiger partial charge in [0, 0.05) is 0 Å². The Kier molecular flexibility index (Phi) is 7.98. The van der Waals surface area contributed by atoms with Crippen LogP contribution in [0.3, 0.4) is 0 Å². The zero-order valence-electron chi connectivity index (χ0n) is 26.9. The van der Waals surface area contributed by atoms with Crippen LogP contribution in [-0.2, 0) is 16.6 Å². The van der Waals surface area contributed by atoms with Crippen LogP contribution < -0.4 is 20.7 Å². The molecule has 0 spiro atoms. The van der Waals surface area contributed by atoms with E-state index < -0.39 is 32.7 Å². The van der Waals surface area contributed by atoms with Crippen LogP contribution in [-0.4, -0.2) is 16.1 Å². The van der Waals surface area contributed by atoms with Crippen LogP contribution in [0.5, 0.6) is 0 Å². The molecule has 39 heavy (non-hydrogen) atoms. The molecular formula is C36H50Si2Ti. The van der Waals surface area contributed by atoms with Crippen molar-refractivity contribution in [1.29, 1.82) is 0 Å². The molecule has 0 fully saturated rings. The van der Waals surface area contributed by atoms with Crippen LogP contribution in [0.25, 0.3) is 0 Å². The second-order valence-electron chi connectivity index (χ2n) is 14.2.